The first-order chi connectivity index (χ1) is 9.74. The summed E-state index contributed by atoms with van der Waals surface area (Å²) in [5.41, 5.74) is 8.43. The maximum atomic E-state index is 6.17. The summed E-state index contributed by atoms with van der Waals surface area (Å²) in [6, 6.07) is 13.3. The quantitative estimate of drug-likeness (QED) is 0.787. The van der Waals surface area contributed by atoms with Crippen molar-refractivity contribution in [2.75, 3.05) is 20.0 Å². The van der Waals surface area contributed by atoms with Gasteiger partial charge in [-0.3, -0.25) is 0 Å². The Bertz CT molecular complexity index is 762. The highest BCUT2D eigenvalue weighted by Gasteiger charge is 2.15. The molecule has 0 radical (unpaired) electrons. The molecule has 0 aliphatic rings. The molecule has 3 rings (SSSR count). The summed E-state index contributed by atoms with van der Waals surface area (Å²) in [6.07, 6.45) is 0. The average Bonchev–Trinajstić information content (AvgIpc) is 2.84. The molecule has 20 heavy (non-hydrogen) atoms. The lowest BCUT2D eigenvalue weighted by Gasteiger charge is -2.08. The zero-order valence-corrected chi connectivity index (χ0v) is 11.3. The Hall–Kier alpha value is -2.62. The molecule has 4 heteroatoms. The van der Waals surface area contributed by atoms with Gasteiger partial charge < -0.3 is 19.6 Å². The first kappa shape index (κ1) is 12.4. The number of hydrogen-bond acceptors (Lipinski definition) is 4. The van der Waals surface area contributed by atoms with Crippen LogP contribution in [0.15, 0.2) is 46.9 Å². The SMILES string of the molecule is COc1ccc(-c2oc3ccccc3c2N)cc1OC. The van der Waals surface area contributed by atoms with Crippen molar-refractivity contribution in [3.63, 3.8) is 0 Å². The molecule has 1 aromatic heterocycles. The molecule has 0 aliphatic carbocycles. The summed E-state index contributed by atoms with van der Waals surface area (Å²) >= 11 is 0. The van der Waals surface area contributed by atoms with E-state index in [1.807, 2.05) is 42.5 Å². The van der Waals surface area contributed by atoms with Crippen LogP contribution < -0.4 is 15.2 Å². The van der Waals surface area contributed by atoms with Crippen LogP contribution in [0.5, 0.6) is 11.5 Å². The van der Waals surface area contributed by atoms with Crippen LogP contribution >= 0.6 is 0 Å². The van der Waals surface area contributed by atoms with Crippen molar-refractivity contribution in [2.45, 2.75) is 0 Å². The van der Waals surface area contributed by atoms with Gasteiger partial charge in [0.2, 0.25) is 0 Å². The number of hydrogen-bond donors (Lipinski definition) is 1. The number of ether oxygens (including phenoxy) is 2. The number of anilines is 1. The Morgan fingerprint density at radius 3 is 2.40 bits per heavy atom. The van der Waals surface area contributed by atoms with Gasteiger partial charge in [-0.1, -0.05) is 12.1 Å². The highest BCUT2D eigenvalue weighted by molar-refractivity contribution is 5.97. The molecule has 0 unspecified atom stereocenters. The molecule has 2 aromatic carbocycles. The lowest BCUT2D eigenvalue weighted by Crippen LogP contribution is -1.91. The van der Waals surface area contributed by atoms with Crippen LogP contribution in [0, 0.1) is 0 Å². The Kier molecular flexibility index (Phi) is 2.99. The lowest BCUT2D eigenvalue weighted by molar-refractivity contribution is 0.355. The van der Waals surface area contributed by atoms with E-state index >= 15 is 0 Å². The van der Waals surface area contributed by atoms with Crippen LogP contribution in [-0.4, -0.2) is 14.2 Å². The smallest absolute Gasteiger partial charge is 0.161 e. The molecule has 0 aliphatic heterocycles. The zero-order chi connectivity index (χ0) is 14.1. The Labute approximate surface area is 116 Å². The minimum atomic E-state index is 0.632. The van der Waals surface area contributed by atoms with Crippen molar-refractivity contribution in [3.8, 4) is 22.8 Å². The fourth-order valence-corrected chi connectivity index (χ4v) is 2.26. The van der Waals surface area contributed by atoms with Crippen LogP contribution in [0.2, 0.25) is 0 Å². The number of para-hydroxylation sites is 1. The van der Waals surface area contributed by atoms with Crippen LogP contribution in [0.1, 0.15) is 0 Å². The normalized spacial score (nSPS) is 10.7. The van der Waals surface area contributed by atoms with Crippen LogP contribution in [-0.2, 0) is 0 Å². The predicted molar refractivity (Wildman–Crippen MR) is 79.2 cm³/mol. The molecule has 0 saturated heterocycles. The first-order valence-corrected chi connectivity index (χ1v) is 6.24. The molecule has 4 nitrogen and oxygen atoms in total. The highest BCUT2D eigenvalue weighted by Crippen LogP contribution is 2.39. The maximum Gasteiger partial charge on any atom is 0.161 e. The second kappa shape index (κ2) is 4.81. The fraction of sp³-hybridized carbons (Fsp3) is 0.125. The minimum Gasteiger partial charge on any atom is -0.493 e. The van der Waals surface area contributed by atoms with Gasteiger partial charge in [0, 0.05) is 10.9 Å². The monoisotopic (exact) mass is 269 g/mol. The van der Waals surface area contributed by atoms with E-state index in [1.165, 1.54) is 0 Å². The van der Waals surface area contributed by atoms with Crippen molar-refractivity contribution in [3.05, 3.63) is 42.5 Å². The standard InChI is InChI=1S/C16H15NO3/c1-18-13-8-7-10(9-14(13)19-2)16-15(17)11-5-3-4-6-12(11)20-16/h3-9H,17H2,1-2H3. The van der Waals surface area contributed by atoms with Crippen LogP contribution in [0.25, 0.3) is 22.3 Å². The van der Waals surface area contributed by atoms with E-state index in [2.05, 4.69) is 0 Å². The third-order valence-electron chi connectivity index (χ3n) is 3.28. The molecule has 0 saturated carbocycles. The molecular formula is C16H15NO3. The molecule has 102 valence electrons. The summed E-state index contributed by atoms with van der Waals surface area (Å²) in [5, 5.41) is 0.914. The van der Waals surface area contributed by atoms with E-state index in [0.717, 1.165) is 16.5 Å². The van der Waals surface area contributed by atoms with E-state index < -0.39 is 0 Å². The second-order valence-corrected chi connectivity index (χ2v) is 4.41. The molecule has 0 amide bonds. The number of rotatable bonds is 3. The molecule has 2 N–H and O–H groups in total. The van der Waals surface area contributed by atoms with E-state index in [1.54, 1.807) is 14.2 Å². The Morgan fingerprint density at radius 1 is 0.950 bits per heavy atom. The summed E-state index contributed by atoms with van der Waals surface area (Å²) in [5.74, 6) is 1.96. The fourth-order valence-electron chi connectivity index (χ4n) is 2.26. The van der Waals surface area contributed by atoms with Gasteiger partial charge in [-0.25, -0.2) is 0 Å². The number of fused-ring (bicyclic) bond motifs is 1. The molecule has 0 atom stereocenters. The van der Waals surface area contributed by atoms with Gasteiger partial charge in [0.15, 0.2) is 17.3 Å². The third-order valence-corrected chi connectivity index (χ3v) is 3.28. The van der Waals surface area contributed by atoms with Crippen molar-refractivity contribution in [1.29, 1.82) is 0 Å². The van der Waals surface area contributed by atoms with Gasteiger partial charge in [0.05, 0.1) is 19.9 Å². The van der Waals surface area contributed by atoms with Crippen LogP contribution in [0.4, 0.5) is 5.69 Å². The molecular weight excluding hydrogens is 254 g/mol. The van der Waals surface area contributed by atoms with Crippen molar-refractivity contribution < 1.29 is 13.9 Å². The van der Waals surface area contributed by atoms with Gasteiger partial charge >= 0.3 is 0 Å². The maximum absolute atomic E-state index is 6.17. The zero-order valence-electron chi connectivity index (χ0n) is 11.3. The van der Waals surface area contributed by atoms with Crippen molar-refractivity contribution >= 4 is 16.7 Å². The largest absolute Gasteiger partial charge is 0.493 e. The van der Waals surface area contributed by atoms with E-state index in [4.69, 9.17) is 19.6 Å². The molecule has 0 fully saturated rings. The molecule has 3 aromatic rings. The number of methoxy groups -OCH3 is 2. The van der Waals surface area contributed by atoms with E-state index in [0.29, 0.717) is 22.9 Å². The number of benzene rings is 2. The lowest BCUT2D eigenvalue weighted by atomic mass is 10.1. The first-order valence-electron chi connectivity index (χ1n) is 6.24. The van der Waals surface area contributed by atoms with E-state index in [9.17, 15) is 0 Å². The van der Waals surface area contributed by atoms with Crippen molar-refractivity contribution in [1.82, 2.24) is 0 Å². The Morgan fingerprint density at radius 2 is 1.70 bits per heavy atom. The second-order valence-electron chi connectivity index (χ2n) is 4.41. The summed E-state index contributed by atoms with van der Waals surface area (Å²) in [6.45, 7) is 0. The highest BCUT2D eigenvalue weighted by atomic mass is 16.5. The summed E-state index contributed by atoms with van der Waals surface area (Å²) in [7, 11) is 3.21. The van der Waals surface area contributed by atoms with E-state index in [-0.39, 0.29) is 0 Å². The molecule has 0 bridgehead atoms. The van der Waals surface area contributed by atoms with Gasteiger partial charge in [0.25, 0.3) is 0 Å². The Balaban J connectivity index is 2.18. The average molecular weight is 269 g/mol. The number of nitrogen functional groups attached to an aromatic ring is 1. The van der Waals surface area contributed by atoms with Gasteiger partial charge in [-0.15, -0.1) is 0 Å². The van der Waals surface area contributed by atoms with Gasteiger partial charge in [-0.2, -0.15) is 0 Å². The molecule has 1 heterocycles. The summed E-state index contributed by atoms with van der Waals surface area (Å²) < 4.78 is 16.4. The summed E-state index contributed by atoms with van der Waals surface area (Å²) in [4.78, 5) is 0. The van der Waals surface area contributed by atoms with Crippen molar-refractivity contribution in [2.24, 2.45) is 0 Å². The molecule has 0 spiro atoms. The number of nitrogens with two attached hydrogens (primary N) is 1. The number of furan rings is 1. The van der Waals surface area contributed by atoms with Gasteiger partial charge in [-0.05, 0) is 30.3 Å². The predicted octanol–water partition coefficient (Wildman–Crippen LogP) is 3.70. The minimum absolute atomic E-state index is 0.632. The topological polar surface area (TPSA) is 57.6 Å². The third kappa shape index (κ3) is 1.86. The van der Waals surface area contributed by atoms with Crippen LogP contribution in [0.3, 0.4) is 0 Å². The van der Waals surface area contributed by atoms with Gasteiger partial charge in [0.1, 0.15) is 5.58 Å².